The zero-order chi connectivity index (χ0) is 14.7. The molecule has 0 radical (unpaired) electrons. The fourth-order valence-electron chi connectivity index (χ4n) is 2.35. The number of ether oxygens (including phenoxy) is 1. The first-order valence-corrected chi connectivity index (χ1v) is 6.96. The Morgan fingerprint density at radius 1 is 0.900 bits per heavy atom. The molecular formula is C18H23NO. The van der Waals surface area contributed by atoms with Crippen molar-refractivity contribution in [3.8, 4) is 5.75 Å². The predicted octanol–water partition coefficient (Wildman–Crippen LogP) is 4.54. The van der Waals surface area contributed by atoms with Crippen LogP contribution in [0.4, 0.5) is 5.69 Å². The van der Waals surface area contributed by atoms with Crippen molar-refractivity contribution in [1.29, 1.82) is 0 Å². The number of anilines is 1. The van der Waals surface area contributed by atoms with Crippen LogP contribution in [-0.4, -0.2) is 7.11 Å². The fraction of sp³-hybridized carbons (Fsp3) is 0.333. The highest BCUT2D eigenvalue weighted by atomic mass is 16.5. The number of rotatable bonds is 4. The van der Waals surface area contributed by atoms with Crippen molar-refractivity contribution < 1.29 is 4.74 Å². The van der Waals surface area contributed by atoms with Crippen molar-refractivity contribution in [2.45, 2.75) is 34.2 Å². The summed E-state index contributed by atoms with van der Waals surface area (Å²) >= 11 is 0. The first kappa shape index (κ1) is 14.4. The number of hydrogen-bond acceptors (Lipinski definition) is 2. The van der Waals surface area contributed by atoms with Crippen LogP contribution >= 0.6 is 0 Å². The SMILES string of the molecule is COc1cc(C)ccc1NCc1cc(C)c(C)cc1C. The maximum atomic E-state index is 5.43. The molecule has 2 nitrogen and oxygen atoms in total. The number of benzene rings is 2. The van der Waals surface area contributed by atoms with Gasteiger partial charge in [-0.25, -0.2) is 0 Å². The summed E-state index contributed by atoms with van der Waals surface area (Å²) in [6.45, 7) is 9.36. The zero-order valence-electron chi connectivity index (χ0n) is 13.0. The monoisotopic (exact) mass is 269 g/mol. The van der Waals surface area contributed by atoms with Gasteiger partial charge in [0.05, 0.1) is 12.8 Å². The van der Waals surface area contributed by atoms with Gasteiger partial charge in [-0.05, 0) is 67.6 Å². The van der Waals surface area contributed by atoms with Crippen molar-refractivity contribution in [2.24, 2.45) is 0 Å². The first-order valence-electron chi connectivity index (χ1n) is 6.96. The van der Waals surface area contributed by atoms with E-state index in [2.05, 4.69) is 63.3 Å². The fourth-order valence-corrected chi connectivity index (χ4v) is 2.35. The maximum Gasteiger partial charge on any atom is 0.142 e. The number of methoxy groups -OCH3 is 1. The van der Waals surface area contributed by atoms with Gasteiger partial charge in [-0.1, -0.05) is 18.2 Å². The standard InChI is InChI=1S/C18H23NO/c1-12-6-7-17(18(8-12)20-5)19-11-16-10-14(3)13(2)9-15(16)4/h6-10,19H,11H2,1-5H3. The van der Waals surface area contributed by atoms with Gasteiger partial charge in [0, 0.05) is 6.54 Å². The lowest BCUT2D eigenvalue weighted by atomic mass is 10.0. The summed E-state index contributed by atoms with van der Waals surface area (Å²) in [7, 11) is 1.71. The van der Waals surface area contributed by atoms with Crippen molar-refractivity contribution in [3.05, 3.63) is 58.1 Å². The summed E-state index contributed by atoms with van der Waals surface area (Å²) in [5, 5.41) is 3.47. The van der Waals surface area contributed by atoms with Gasteiger partial charge < -0.3 is 10.1 Å². The van der Waals surface area contributed by atoms with E-state index >= 15 is 0 Å². The molecule has 0 unspecified atom stereocenters. The van der Waals surface area contributed by atoms with Crippen LogP contribution < -0.4 is 10.1 Å². The van der Waals surface area contributed by atoms with Crippen LogP contribution in [0.3, 0.4) is 0 Å². The molecule has 0 heterocycles. The number of aryl methyl sites for hydroxylation is 4. The van der Waals surface area contributed by atoms with E-state index < -0.39 is 0 Å². The van der Waals surface area contributed by atoms with Crippen LogP contribution in [0.5, 0.6) is 5.75 Å². The summed E-state index contributed by atoms with van der Waals surface area (Å²) in [6, 6.07) is 10.7. The lowest BCUT2D eigenvalue weighted by Crippen LogP contribution is -2.04. The molecule has 2 heteroatoms. The summed E-state index contributed by atoms with van der Waals surface area (Å²) in [5.74, 6) is 0.895. The third kappa shape index (κ3) is 3.13. The van der Waals surface area contributed by atoms with E-state index in [4.69, 9.17) is 4.74 Å². The normalized spacial score (nSPS) is 10.4. The molecule has 0 spiro atoms. The second kappa shape index (κ2) is 6.00. The van der Waals surface area contributed by atoms with Gasteiger partial charge in [-0.2, -0.15) is 0 Å². The molecule has 20 heavy (non-hydrogen) atoms. The molecule has 0 bridgehead atoms. The predicted molar refractivity (Wildman–Crippen MR) is 85.7 cm³/mol. The number of nitrogens with one attached hydrogen (secondary N) is 1. The summed E-state index contributed by atoms with van der Waals surface area (Å²) in [4.78, 5) is 0. The van der Waals surface area contributed by atoms with E-state index in [0.29, 0.717) is 0 Å². The van der Waals surface area contributed by atoms with Gasteiger partial charge in [-0.3, -0.25) is 0 Å². The molecule has 0 aliphatic rings. The Labute approximate surface area is 121 Å². The summed E-state index contributed by atoms with van der Waals surface area (Å²) < 4.78 is 5.43. The van der Waals surface area contributed by atoms with Gasteiger partial charge in [0.25, 0.3) is 0 Å². The van der Waals surface area contributed by atoms with Crippen molar-refractivity contribution in [1.82, 2.24) is 0 Å². The quantitative estimate of drug-likeness (QED) is 0.879. The third-order valence-electron chi connectivity index (χ3n) is 3.78. The lowest BCUT2D eigenvalue weighted by molar-refractivity contribution is 0.416. The highest BCUT2D eigenvalue weighted by molar-refractivity contribution is 5.58. The molecule has 2 aromatic carbocycles. The highest BCUT2D eigenvalue weighted by Crippen LogP contribution is 2.26. The maximum absolute atomic E-state index is 5.43. The Morgan fingerprint density at radius 3 is 2.30 bits per heavy atom. The van der Waals surface area contributed by atoms with E-state index in [-0.39, 0.29) is 0 Å². The van der Waals surface area contributed by atoms with E-state index in [0.717, 1.165) is 18.0 Å². The first-order chi connectivity index (χ1) is 9.51. The van der Waals surface area contributed by atoms with Crippen LogP contribution in [-0.2, 0) is 6.54 Å². The Balaban J connectivity index is 2.19. The van der Waals surface area contributed by atoms with Crippen LogP contribution in [0.25, 0.3) is 0 Å². The highest BCUT2D eigenvalue weighted by Gasteiger charge is 2.05. The van der Waals surface area contributed by atoms with Crippen LogP contribution in [0.15, 0.2) is 30.3 Å². The second-order valence-electron chi connectivity index (χ2n) is 5.42. The minimum atomic E-state index is 0.812. The minimum Gasteiger partial charge on any atom is -0.495 e. The molecule has 0 amide bonds. The van der Waals surface area contributed by atoms with E-state index in [1.165, 1.54) is 27.8 Å². The minimum absolute atomic E-state index is 0.812. The van der Waals surface area contributed by atoms with Crippen molar-refractivity contribution in [3.63, 3.8) is 0 Å². The molecule has 0 atom stereocenters. The Hall–Kier alpha value is -1.96. The van der Waals surface area contributed by atoms with Crippen molar-refractivity contribution >= 4 is 5.69 Å². The van der Waals surface area contributed by atoms with E-state index in [1.54, 1.807) is 7.11 Å². The Bertz CT molecular complexity index is 617. The lowest BCUT2D eigenvalue weighted by Gasteiger charge is -2.14. The molecular weight excluding hydrogens is 246 g/mol. The van der Waals surface area contributed by atoms with Crippen LogP contribution in [0, 0.1) is 27.7 Å². The molecule has 0 aromatic heterocycles. The van der Waals surface area contributed by atoms with E-state index in [1.807, 2.05) is 0 Å². The van der Waals surface area contributed by atoms with Gasteiger partial charge >= 0.3 is 0 Å². The van der Waals surface area contributed by atoms with Crippen molar-refractivity contribution in [2.75, 3.05) is 12.4 Å². The molecule has 2 rings (SSSR count). The molecule has 2 aromatic rings. The number of hydrogen-bond donors (Lipinski definition) is 1. The molecule has 106 valence electrons. The van der Waals surface area contributed by atoms with E-state index in [9.17, 15) is 0 Å². The Kier molecular flexibility index (Phi) is 4.33. The molecule has 0 saturated heterocycles. The second-order valence-corrected chi connectivity index (χ2v) is 5.42. The van der Waals surface area contributed by atoms with Crippen LogP contribution in [0.2, 0.25) is 0 Å². The topological polar surface area (TPSA) is 21.3 Å². The molecule has 1 N–H and O–H groups in total. The summed E-state index contributed by atoms with van der Waals surface area (Å²) in [6.07, 6.45) is 0. The van der Waals surface area contributed by atoms with Gasteiger partial charge in [0.2, 0.25) is 0 Å². The average Bonchev–Trinajstić information content (AvgIpc) is 2.42. The smallest absolute Gasteiger partial charge is 0.142 e. The largest absolute Gasteiger partial charge is 0.495 e. The van der Waals surface area contributed by atoms with Gasteiger partial charge in [0.1, 0.15) is 5.75 Å². The molecule has 0 fully saturated rings. The zero-order valence-corrected chi connectivity index (χ0v) is 13.0. The van der Waals surface area contributed by atoms with Crippen LogP contribution in [0.1, 0.15) is 27.8 Å². The van der Waals surface area contributed by atoms with Gasteiger partial charge in [0.15, 0.2) is 0 Å². The molecule has 0 aliphatic carbocycles. The average molecular weight is 269 g/mol. The van der Waals surface area contributed by atoms with Gasteiger partial charge in [-0.15, -0.1) is 0 Å². The Morgan fingerprint density at radius 2 is 1.60 bits per heavy atom. The molecule has 0 saturated carbocycles. The molecule has 0 aliphatic heterocycles. The summed E-state index contributed by atoms with van der Waals surface area (Å²) in [5.41, 5.74) is 7.58. The third-order valence-corrected chi connectivity index (χ3v) is 3.78.